The van der Waals surface area contributed by atoms with Crippen molar-refractivity contribution < 1.29 is 19.5 Å². The van der Waals surface area contributed by atoms with Crippen molar-refractivity contribution >= 4 is 36.1 Å². The van der Waals surface area contributed by atoms with E-state index in [9.17, 15) is 24.3 Å². The molecule has 3 heterocycles. The fourth-order valence-electron chi connectivity index (χ4n) is 5.00. The number of carbonyl (C=O) groups excluding carboxylic acids is 2. The molecule has 0 spiro atoms. The number of carbonyl (C=O) groups is 3. The van der Waals surface area contributed by atoms with E-state index in [2.05, 4.69) is 15.2 Å². The SMILES string of the molecule is CC(C)(N)C(=O)N1CCN(C(=O)Nc2ccn(-c3ccc(CN4CC(CCN)(C(=O)O)C4)cc3)c(=O)n2)CC1.Cl. The van der Waals surface area contributed by atoms with Gasteiger partial charge in [0.05, 0.1) is 16.6 Å². The Morgan fingerprint density at radius 1 is 1.05 bits per heavy atom. The van der Waals surface area contributed by atoms with Gasteiger partial charge < -0.3 is 26.4 Å². The molecule has 0 unspecified atom stereocenters. The van der Waals surface area contributed by atoms with E-state index < -0.39 is 28.6 Å². The number of hydrogen-bond acceptors (Lipinski definition) is 8. The van der Waals surface area contributed by atoms with Crippen LogP contribution in [-0.4, -0.2) is 98.6 Å². The molecule has 14 heteroatoms. The van der Waals surface area contributed by atoms with Crippen LogP contribution in [0.5, 0.6) is 0 Å². The lowest BCUT2D eigenvalue weighted by molar-refractivity contribution is -0.161. The number of rotatable bonds is 8. The Kier molecular flexibility index (Phi) is 9.56. The molecule has 13 nitrogen and oxygen atoms in total. The molecule has 40 heavy (non-hydrogen) atoms. The van der Waals surface area contributed by atoms with Gasteiger partial charge >= 0.3 is 17.7 Å². The first-order valence-electron chi connectivity index (χ1n) is 12.9. The van der Waals surface area contributed by atoms with Crippen LogP contribution >= 0.6 is 12.4 Å². The highest BCUT2D eigenvalue weighted by atomic mass is 35.5. The molecule has 2 aliphatic rings. The Balaban J connectivity index is 0.00000441. The molecule has 1 aromatic carbocycles. The number of halogens is 1. The topological polar surface area (TPSA) is 180 Å². The van der Waals surface area contributed by atoms with Crippen LogP contribution in [0.3, 0.4) is 0 Å². The van der Waals surface area contributed by atoms with Gasteiger partial charge in [0, 0.05) is 52.0 Å². The van der Waals surface area contributed by atoms with E-state index in [0.29, 0.717) is 64.5 Å². The fraction of sp³-hybridized carbons (Fsp3) is 0.500. The maximum absolute atomic E-state index is 12.7. The number of hydrogen-bond donors (Lipinski definition) is 4. The number of aromatic nitrogens is 2. The van der Waals surface area contributed by atoms with E-state index in [1.165, 1.54) is 4.57 Å². The van der Waals surface area contributed by atoms with E-state index in [-0.39, 0.29) is 24.1 Å². The molecule has 0 bridgehead atoms. The summed E-state index contributed by atoms with van der Waals surface area (Å²) in [6.07, 6.45) is 2.00. The summed E-state index contributed by atoms with van der Waals surface area (Å²) < 4.78 is 1.37. The van der Waals surface area contributed by atoms with Crippen molar-refractivity contribution in [2.75, 3.05) is 51.1 Å². The minimum atomic E-state index is -0.966. The van der Waals surface area contributed by atoms with E-state index in [0.717, 1.165) is 5.56 Å². The highest BCUT2D eigenvalue weighted by Crippen LogP contribution is 2.35. The maximum atomic E-state index is 12.7. The van der Waals surface area contributed by atoms with Gasteiger partial charge in [-0.05, 0) is 50.6 Å². The molecule has 0 radical (unpaired) electrons. The number of amides is 3. The second-order valence-electron chi connectivity index (χ2n) is 10.8. The van der Waals surface area contributed by atoms with Gasteiger partial charge in [0.15, 0.2) is 0 Å². The molecule has 2 aliphatic heterocycles. The summed E-state index contributed by atoms with van der Waals surface area (Å²) >= 11 is 0. The number of anilines is 1. The fourth-order valence-corrected chi connectivity index (χ4v) is 5.00. The summed E-state index contributed by atoms with van der Waals surface area (Å²) in [5.41, 5.74) is 10.8. The molecule has 2 aromatic rings. The summed E-state index contributed by atoms with van der Waals surface area (Å²) in [4.78, 5) is 58.5. The average molecular weight is 577 g/mol. The zero-order valence-electron chi connectivity index (χ0n) is 22.7. The molecule has 6 N–H and O–H groups in total. The van der Waals surface area contributed by atoms with Crippen molar-refractivity contribution in [2.45, 2.75) is 32.4 Å². The van der Waals surface area contributed by atoms with Crippen LogP contribution in [-0.2, 0) is 16.1 Å². The number of likely N-dealkylation sites (tertiary alicyclic amines) is 1. The van der Waals surface area contributed by atoms with Crippen molar-refractivity contribution in [3.05, 3.63) is 52.6 Å². The lowest BCUT2D eigenvalue weighted by Crippen LogP contribution is -2.60. The number of piperazine rings is 1. The van der Waals surface area contributed by atoms with E-state index in [1.807, 2.05) is 12.1 Å². The largest absolute Gasteiger partial charge is 0.481 e. The van der Waals surface area contributed by atoms with Gasteiger partial charge in [-0.15, -0.1) is 12.4 Å². The predicted molar refractivity (Wildman–Crippen MR) is 152 cm³/mol. The minimum absolute atomic E-state index is 0. The lowest BCUT2D eigenvalue weighted by Gasteiger charge is -2.47. The van der Waals surface area contributed by atoms with Crippen molar-refractivity contribution in [2.24, 2.45) is 16.9 Å². The number of nitrogens with one attached hydrogen (secondary N) is 1. The summed E-state index contributed by atoms with van der Waals surface area (Å²) in [6.45, 7) is 6.61. The smallest absolute Gasteiger partial charge is 0.354 e. The summed E-state index contributed by atoms with van der Waals surface area (Å²) in [6, 6.07) is 8.52. The van der Waals surface area contributed by atoms with Gasteiger partial charge in [0.1, 0.15) is 5.82 Å². The third-order valence-corrected chi connectivity index (χ3v) is 7.19. The number of carboxylic acids is 1. The Bertz CT molecular complexity index is 1280. The molecule has 2 fully saturated rings. The number of nitrogens with zero attached hydrogens (tertiary/aromatic N) is 5. The third kappa shape index (κ3) is 6.78. The van der Waals surface area contributed by atoms with Crippen LogP contribution < -0.4 is 22.5 Å². The monoisotopic (exact) mass is 576 g/mol. The summed E-state index contributed by atoms with van der Waals surface area (Å²) in [5, 5.41) is 12.2. The maximum Gasteiger partial charge on any atom is 0.354 e. The van der Waals surface area contributed by atoms with Crippen LogP contribution in [0.25, 0.3) is 5.69 Å². The molecule has 3 amide bonds. The highest BCUT2D eigenvalue weighted by Gasteiger charge is 2.48. The van der Waals surface area contributed by atoms with Crippen molar-refractivity contribution in [1.29, 1.82) is 0 Å². The van der Waals surface area contributed by atoms with Crippen LogP contribution in [0, 0.1) is 5.41 Å². The molecular formula is C26H37ClN8O5. The lowest BCUT2D eigenvalue weighted by atomic mass is 9.76. The Hall–Kier alpha value is -3.52. The number of aliphatic carboxylic acids is 1. The number of urea groups is 1. The minimum Gasteiger partial charge on any atom is -0.481 e. The number of nitrogens with two attached hydrogens (primary N) is 2. The van der Waals surface area contributed by atoms with Crippen LogP contribution in [0.4, 0.5) is 10.6 Å². The first kappa shape index (κ1) is 31.0. The number of carboxylic acid groups (broad SMARTS) is 1. The molecule has 2 saturated heterocycles. The van der Waals surface area contributed by atoms with Gasteiger partial charge in [0.25, 0.3) is 0 Å². The van der Waals surface area contributed by atoms with Gasteiger partial charge in [-0.25, -0.2) is 9.59 Å². The molecular weight excluding hydrogens is 540 g/mol. The molecule has 218 valence electrons. The van der Waals surface area contributed by atoms with Gasteiger partial charge in [-0.1, -0.05) is 12.1 Å². The predicted octanol–water partition coefficient (Wildman–Crippen LogP) is 0.303. The third-order valence-electron chi connectivity index (χ3n) is 7.19. The van der Waals surface area contributed by atoms with Gasteiger partial charge in [-0.2, -0.15) is 4.98 Å². The summed E-state index contributed by atoms with van der Waals surface area (Å²) in [7, 11) is 0. The van der Waals surface area contributed by atoms with E-state index >= 15 is 0 Å². The Labute approximate surface area is 238 Å². The molecule has 0 aliphatic carbocycles. The van der Waals surface area contributed by atoms with Crippen molar-refractivity contribution in [3.63, 3.8) is 0 Å². The van der Waals surface area contributed by atoms with E-state index in [4.69, 9.17) is 11.5 Å². The van der Waals surface area contributed by atoms with Crippen molar-refractivity contribution in [1.82, 2.24) is 24.3 Å². The standard InChI is InChI=1S/C26H36N8O5.ClH/c1-25(2,28)21(35)32-11-13-33(14-12-32)23(38)29-20-7-10-34(24(39)30-20)19-5-3-18(4-6-19)15-31-16-26(17-31,8-9-27)22(36)37;/h3-7,10H,8-9,11-17,27-28H2,1-2H3,(H,36,37)(H,29,30,38,39);1H. The Morgan fingerprint density at radius 2 is 1.65 bits per heavy atom. The first-order chi connectivity index (χ1) is 18.4. The molecule has 0 atom stereocenters. The molecule has 0 saturated carbocycles. The van der Waals surface area contributed by atoms with Crippen LogP contribution in [0.1, 0.15) is 25.8 Å². The van der Waals surface area contributed by atoms with E-state index in [1.54, 1.807) is 48.0 Å². The normalized spacial score (nSPS) is 17.0. The van der Waals surface area contributed by atoms with Crippen LogP contribution in [0.2, 0.25) is 0 Å². The van der Waals surface area contributed by atoms with Crippen molar-refractivity contribution in [3.8, 4) is 5.69 Å². The summed E-state index contributed by atoms with van der Waals surface area (Å²) in [5.74, 6) is -0.836. The Morgan fingerprint density at radius 3 is 2.17 bits per heavy atom. The zero-order valence-corrected chi connectivity index (χ0v) is 23.5. The van der Waals surface area contributed by atoms with Gasteiger partial charge in [-0.3, -0.25) is 24.4 Å². The van der Waals surface area contributed by atoms with Gasteiger partial charge in [0.2, 0.25) is 5.91 Å². The number of benzene rings is 1. The highest BCUT2D eigenvalue weighted by molar-refractivity contribution is 5.89. The quantitative estimate of drug-likeness (QED) is 0.344. The first-order valence-corrected chi connectivity index (χ1v) is 12.9. The second-order valence-corrected chi connectivity index (χ2v) is 10.8. The van der Waals surface area contributed by atoms with Crippen LogP contribution in [0.15, 0.2) is 41.3 Å². The molecule has 4 rings (SSSR count). The average Bonchev–Trinajstić information content (AvgIpc) is 2.87. The second kappa shape index (κ2) is 12.3. The zero-order chi connectivity index (χ0) is 28.4. The molecule has 1 aromatic heterocycles.